The lowest BCUT2D eigenvalue weighted by Crippen LogP contribution is -2.38. The number of carbonyl (C=O) groups excluding carboxylic acids is 1. The fourth-order valence-corrected chi connectivity index (χ4v) is 5.76. The molecule has 0 radical (unpaired) electrons. The summed E-state index contributed by atoms with van der Waals surface area (Å²) in [6.45, 7) is 2.10. The molecule has 8 nitrogen and oxygen atoms in total. The molecule has 0 saturated carbocycles. The van der Waals surface area contributed by atoms with Crippen LogP contribution in [0.25, 0.3) is 0 Å². The van der Waals surface area contributed by atoms with E-state index in [2.05, 4.69) is 12.2 Å². The number of aliphatic carboxylic acids is 1. The Morgan fingerprint density at radius 1 is 0.950 bits per heavy atom. The van der Waals surface area contributed by atoms with Crippen molar-refractivity contribution in [1.29, 1.82) is 0 Å². The summed E-state index contributed by atoms with van der Waals surface area (Å²) < 4.78 is 18.5. The van der Waals surface area contributed by atoms with Crippen molar-refractivity contribution in [2.45, 2.75) is 56.2 Å². The highest BCUT2D eigenvalue weighted by Gasteiger charge is 2.38. The number of rotatable bonds is 12. The molecule has 0 aliphatic carbocycles. The minimum absolute atomic E-state index is 0.0201. The predicted octanol–water partition coefficient (Wildman–Crippen LogP) is 5.96. The first kappa shape index (κ1) is 29.6. The Labute approximate surface area is 238 Å². The lowest BCUT2D eigenvalue weighted by atomic mass is 9.91. The van der Waals surface area contributed by atoms with Crippen LogP contribution in [0.4, 0.5) is 5.69 Å². The van der Waals surface area contributed by atoms with Gasteiger partial charge in [-0.25, -0.2) is 0 Å². The Kier molecular flexibility index (Phi) is 10.6. The third-order valence-corrected chi connectivity index (χ3v) is 8.00. The van der Waals surface area contributed by atoms with Gasteiger partial charge in [0.05, 0.1) is 25.9 Å². The topological polar surface area (TPSA) is 114 Å². The number of nitrogens with one attached hydrogen (secondary N) is 1. The summed E-state index contributed by atoms with van der Waals surface area (Å²) in [4.78, 5) is 23.9. The molecule has 4 atom stereocenters. The quantitative estimate of drug-likeness (QED) is 0.230. The van der Waals surface area contributed by atoms with Gasteiger partial charge in [0.1, 0.15) is 5.75 Å². The monoisotopic (exact) mass is 565 g/mol. The molecular weight excluding hydrogens is 530 g/mol. The Balaban J connectivity index is 1.50. The van der Waals surface area contributed by atoms with E-state index in [4.69, 9.17) is 19.3 Å². The van der Waals surface area contributed by atoms with Gasteiger partial charge in [-0.3, -0.25) is 9.59 Å². The van der Waals surface area contributed by atoms with Crippen molar-refractivity contribution in [1.82, 2.24) is 0 Å². The van der Waals surface area contributed by atoms with Crippen molar-refractivity contribution < 1.29 is 34.0 Å². The number of hydrogen-bond acceptors (Lipinski definition) is 7. The molecule has 0 spiro atoms. The van der Waals surface area contributed by atoms with Gasteiger partial charge in [-0.15, -0.1) is 11.8 Å². The minimum atomic E-state index is -0.916. The highest BCUT2D eigenvalue weighted by atomic mass is 32.2. The Morgan fingerprint density at radius 3 is 2.33 bits per heavy atom. The van der Waals surface area contributed by atoms with Crippen molar-refractivity contribution >= 4 is 29.3 Å². The van der Waals surface area contributed by atoms with E-state index in [-0.39, 0.29) is 49.9 Å². The lowest BCUT2D eigenvalue weighted by molar-refractivity contribution is -0.268. The van der Waals surface area contributed by atoms with Crippen molar-refractivity contribution in [3.63, 3.8) is 0 Å². The number of anilines is 1. The second kappa shape index (κ2) is 14.3. The number of aliphatic hydroxyl groups is 1. The van der Waals surface area contributed by atoms with Crippen LogP contribution in [0, 0.1) is 5.92 Å². The van der Waals surface area contributed by atoms with Gasteiger partial charge in [-0.05, 0) is 41.8 Å². The smallest absolute Gasteiger partial charge is 0.303 e. The van der Waals surface area contributed by atoms with Gasteiger partial charge in [0.2, 0.25) is 5.91 Å². The Bertz CT molecular complexity index is 1270. The van der Waals surface area contributed by atoms with Crippen molar-refractivity contribution in [2.75, 3.05) is 18.2 Å². The average Bonchev–Trinajstić information content (AvgIpc) is 2.97. The van der Waals surface area contributed by atoms with E-state index in [1.165, 1.54) is 0 Å². The van der Waals surface area contributed by atoms with Gasteiger partial charge in [-0.1, -0.05) is 55.5 Å². The highest BCUT2D eigenvalue weighted by Crippen LogP contribution is 2.43. The van der Waals surface area contributed by atoms with Crippen LogP contribution >= 0.6 is 11.8 Å². The number of aliphatic hydroxyl groups excluding tert-OH is 1. The molecule has 1 amide bonds. The zero-order valence-corrected chi connectivity index (χ0v) is 23.4. The molecule has 212 valence electrons. The molecule has 3 aromatic rings. The van der Waals surface area contributed by atoms with Crippen LogP contribution in [0.2, 0.25) is 0 Å². The first-order valence-electron chi connectivity index (χ1n) is 13.3. The van der Waals surface area contributed by atoms with E-state index in [1.54, 1.807) is 31.0 Å². The average molecular weight is 566 g/mol. The first-order valence-corrected chi connectivity index (χ1v) is 14.2. The summed E-state index contributed by atoms with van der Waals surface area (Å²) in [6, 6.07) is 23.0. The maximum absolute atomic E-state index is 12.2. The molecular formula is C31H35NO7S. The maximum Gasteiger partial charge on any atom is 0.303 e. The third-order valence-electron chi connectivity index (χ3n) is 6.86. The van der Waals surface area contributed by atoms with Gasteiger partial charge in [0.25, 0.3) is 0 Å². The van der Waals surface area contributed by atoms with E-state index in [0.717, 1.165) is 27.3 Å². The predicted molar refractivity (Wildman–Crippen MR) is 153 cm³/mol. The summed E-state index contributed by atoms with van der Waals surface area (Å²) in [5.41, 5.74) is 3.28. The largest absolute Gasteiger partial charge is 0.496 e. The number of amides is 1. The summed E-state index contributed by atoms with van der Waals surface area (Å²) in [6.07, 6.45) is -0.601. The molecule has 1 heterocycles. The van der Waals surface area contributed by atoms with Crippen LogP contribution in [0.15, 0.2) is 77.7 Å². The van der Waals surface area contributed by atoms with Crippen LogP contribution in [-0.2, 0) is 25.7 Å². The molecule has 1 fully saturated rings. The fraction of sp³-hybridized carbons (Fsp3) is 0.355. The molecule has 0 aromatic heterocycles. The molecule has 4 rings (SSSR count). The zero-order valence-electron chi connectivity index (χ0n) is 22.6. The van der Waals surface area contributed by atoms with Gasteiger partial charge < -0.3 is 29.7 Å². The molecule has 1 aliphatic rings. The van der Waals surface area contributed by atoms with Crippen molar-refractivity contribution in [3.05, 3.63) is 89.5 Å². The normalized spacial score (nSPS) is 20.6. The maximum atomic E-state index is 12.2. The fourth-order valence-electron chi connectivity index (χ4n) is 4.57. The number of para-hydroxylation sites is 1. The summed E-state index contributed by atoms with van der Waals surface area (Å²) in [5.74, 6) is 0.411. The Hall–Kier alpha value is -3.37. The number of methoxy groups -OCH3 is 1. The van der Waals surface area contributed by atoms with E-state index in [0.29, 0.717) is 11.4 Å². The summed E-state index contributed by atoms with van der Waals surface area (Å²) >= 11 is 1.68. The van der Waals surface area contributed by atoms with E-state index in [1.807, 2.05) is 60.7 Å². The van der Waals surface area contributed by atoms with Gasteiger partial charge in [-0.2, -0.15) is 0 Å². The van der Waals surface area contributed by atoms with Crippen LogP contribution in [0.3, 0.4) is 0 Å². The molecule has 1 aliphatic heterocycles. The first-order chi connectivity index (χ1) is 19.4. The Morgan fingerprint density at radius 2 is 1.65 bits per heavy atom. The van der Waals surface area contributed by atoms with E-state index in [9.17, 15) is 14.7 Å². The molecule has 3 aromatic carbocycles. The van der Waals surface area contributed by atoms with Gasteiger partial charge >= 0.3 is 5.97 Å². The van der Waals surface area contributed by atoms with Crippen LogP contribution in [0.5, 0.6) is 5.75 Å². The number of thioether (sulfide) groups is 1. The van der Waals surface area contributed by atoms with E-state index < -0.39 is 12.3 Å². The number of benzene rings is 3. The van der Waals surface area contributed by atoms with E-state index >= 15 is 0 Å². The number of carboxylic acid groups (broad SMARTS) is 1. The third kappa shape index (κ3) is 7.85. The number of carboxylic acids is 1. The number of ether oxygens (including phenoxy) is 3. The number of carbonyl (C=O) groups is 2. The standard InChI is InChI=1S/C31H35NO7S/c1-20-26(19-40-27-7-4-3-6-25(27)37-2)38-31(39-30(20)22-12-10-21(18-33)11-13-22)23-14-16-24(17-15-23)32-28(34)8-5-9-29(35)36/h3-4,6-7,10-17,20,26,30-31,33H,5,8-9,18-19H2,1-2H3,(H,32,34)(H,35,36). The number of hydrogen-bond donors (Lipinski definition) is 3. The van der Waals surface area contributed by atoms with Crippen LogP contribution < -0.4 is 10.1 Å². The molecule has 0 bridgehead atoms. The molecule has 40 heavy (non-hydrogen) atoms. The van der Waals surface area contributed by atoms with Crippen LogP contribution in [0.1, 0.15) is 55.3 Å². The molecule has 3 N–H and O–H groups in total. The second-order valence-electron chi connectivity index (χ2n) is 9.70. The SMILES string of the molecule is COc1ccccc1SCC1OC(c2ccc(NC(=O)CCCC(=O)O)cc2)OC(c2ccc(CO)cc2)C1C. The van der Waals surface area contributed by atoms with Crippen molar-refractivity contribution in [2.24, 2.45) is 5.92 Å². The second-order valence-corrected chi connectivity index (χ2v) is 10.8. The summed E-state index contributed by atoms with van der Waals surface area (Å²) in [5, 5.41) is 21.0. The molecule has 1 saturated heterocycles. The van der Waals surface area contributed by atoms with Gasteiger partial charge in [0, 0.05) is 40.7 Å². The highest BCUT2D eigenvalue weighted by molar-refractivity contribution is 7.99. The van der Waals surface area contributed by atoms with Crippen molar-refractivity contribution in [3.8, 4) is 5.75 Å². The summed E-state index contributed by atoms with van der Waals surface area (Å²) in [7, 11) is 1.66. The lowest BCUT2D eigenvalue weighted by Gasteiger charge is -2.41. The molecule has 4 unspecified atom stereocenters. The zero-order chi connectivity index (χ0) is 28.5. The van der Waals surface area contributed by atoms with Gasteiger partial charge in [0.15, 0.2) is 6.29 Å². The molecule has 9 heteroatoms. The van der Waals surface area contributed by atoms with Crippen LogP contribution in [-0.4, -0.2) is 41.1 Å². The minimum Gasteiger partial charge on any atom is -0.496 e.